The second-order valence-electron chi connectivity index (χ2n) is 3.73. The van der Waals surface area contributed by atoms with Crippen molar-refractivity contribution in [1.82, 2.24) is 4.90 Å². The SMILES string of the molecule is CC(c1ccccc1Cl)N1CCSC1=NC#N. The van der Waals surface area contributed by atoms with Crippen LogP contribution in [0.3, 0.4) is 0 Å². The van der Waals surface area contributed by atoms with E-state index in [9.17, 15) is 0 Å². The van der Waals surface area contributed by atoms with Crippen molar-refractivity contribution in [2.75, 3.05) is 12.3 Å². The van der Waals surface area contributed by atoms with Gasteiger partial charge in [0.2, 0.25) is 6.19 Å². The van der Waals surface area contributed by atoms with E-state index in [0.717, 1.165) is 28.1 Å². The van der Waals surface area contributed by atoms with Gasteiger partial charge in [-0.3, -0.25) is 0 Å². The standard InChI is InChI=1S/C12H12ClN3S/c1-9(10-4-2-3-5-11(10)13)16-6-7-17-12(16)15-8-14/h2-5,9H,6-7H2,1H3. The molecule has 0 radical (unpaired) electrons. The molecule has 88 valence electrons. The van der Waals surface area contributed by atoms with Crippen molar-refractivity contribution in [3.63, 3.8) is 0 Å². The van der Waals surface area contributed by atoms with E-state index in [4.69, 9.17) is 16.9 Å². The van der Waals surface area contributed by atoms with Gasteiger partial charge in [0.15, 0.2) is 5.17 Å². The fraction of sp³-hybridized carbons (Fsp3) is 0.333. The van der Waals surface area contributed by atoms with Crippen molar-refractivity contribution in [2.45, 2.75) is 13.0 Å². The van der Waals surface area contributed by atoms with Crippen molar-refractivity contribution in [3.05, 3.63) is 34.9 Å². The molecule has 5 heteroatoms. The molecule has 0 bridgehead atoms. The smallest absolute Gasteiger partial charge is 0.208 e. The fourth-order valence-corrected chi connectivity index (χ4v) is 3.18. The Bertz CT molecular complexity index is 481. The summed E-state index contributed by atoms with van der Waals surface area (Å²) in [5, 5.41) is 10.2. The first-order valence-corrected chi connectivity index (χ1v) is 6.71. The van der Waals surface area contributed by atoms with Crippen LogP contribution < -0.4 is 0 Å². The van der Waals surface area contributed by atoms with E-state index >= 15 is 0 Å². The van der Waals surface area contributed by atoms with Gasteiger partial charge in [-0.25, -0.2) is 0 Å². The largest absolute Gasteiger partial charge is 0.343 e. The molecule has 1 heterocycles. The van der Waals surface area contributed by atoms with Gasteiger partial charge < -0.3 is 4.90 Å². The van der Waals surface area contributed by atoms with Crippen molar-refractivity contribution in [1.29, 1.82) is 5.26 Å². The van der Waals surface area contributed by atoms with E-state index in [0.29, 0.717) is 0 Å². The Hall–Kier alpha value is -1.18. The van der Waals surface area contributed by atoms with Crippen molar-refractivity contribution in [3.8, 4) is 6.19 Å². The molecule has 1 aliphatic rings. The Labute approximate surface area is 110 Å². The highest BCUT2D eigenvalue weighted by Crippen LogP contribution is 2.32. The minimum absolute atomic E-state index is 0.144. The number of amidine groups is 1. The maximum atomic E-state index is 8.65. The number of aliphatic imine (C=N–C) groups is 1. The molecule has 1 saturated heterocycles. The van der Waals surface area contributed by atoms with Gasteiger partial charge >= 0.3 is 0 Å². The zero-order valence-electron chi connectivity index (χ0n) is 9.43. The van der Waals surface area contributed by atoms with Crippen LogP contribution in [0.4, 0.5) is 0 Å². The van der Waals surface area contributed by atoms with Gasteiger partial charge in [-0.05, 0) is 18.6 Å². The van der Waals surface area contributed by atoms with Gasteiger partial charge in [0.25, 0.3) is 0 Å². The van der Waals surface area contributed by atoms with Crippen LogP contribution in [0.15, 0.2) is 29.3 Å². The second kappa shape index (κ2) is 5.44. The summed E-state index contributed by atoms with van der Waals surface area (Å²) in [7, 11) is 0. The van der Waals surface area contributed by atoms with Gasteiger partial charge in [0.05, 0.1) is 6.04 Å². The molecule has 1 aromatic carbocycles. The molecule has 0 amide bonds. The van der Waals surface area contributed by atoms with E-state index in [-0.39, 0.29) is 6.04 Å². The third-order valence-electron chi connectivity index (χ3n) is 2.78. The molecule has 0 aromatic heterocycles. The van der Waals surface area contributed by atoms with Gasteiger partial charge in [-0.2, -0.15) is 5.26 Å². The van der Waals surface area contributed by atoms with E-state index in [1.54, 1.807) is 11.8 Å². The van der Waals surface area contributed by atoms with Crippen LogP contribution in [0.5, 0.6) is 0 Å². The zero-order valence-corrected chi connectivity index (χ0v) is 11.0. The van der Waals surface area contributed by atoms with E-state index in [1.807, 2.05) is 30.5 Å². The summed E-state index contributed by atoms with van der Waals surface area (Å²) in [6, 6.07) is 7.94. The molecule has 1 aliphatic heterocycles. The van der Waals surface area contributed by atoms with Crippen LogP contribution in [-0.4, -0.2) is 22.4 Å². The average molecular weight is 266 g/mol. The molecular formula is C12H12ClN3S. The molecule has 17 heavy (non-hydrogen) atoms. The molecule has 0 N–H and O–H groups in total. The molecule has 0 aliphatic carbocycles. The Balaban J connectivity index is 2.27. The van der Waals surface area contributed by atoms with Crippen molar-refractivity contribution in [2.24, 2.45) is 4.99 Å². The van der Waals surface area contributed by atoms with Gasteiger partial charge in [-0.1, -0.05) is 41.6 Å². The first-order chi connectivity index (χ1) is 8.24. The summed E-state index contributed by atoms with van der Waals surface area (Å²) in [4.78, 5) is 5.97. The van der Waals surface area contributed by atoms with Crippen LogP contribution in [0.2, 0.25) is 5.02 Å². The second-order valence-corrected chi connectivity index (χ2v) is 5.20. The normalized spacial score (nSPS) is 19.4. The highest BCUT2D eigenvalue weighted by atomic mass is 35.5. The Morgan fingerprint density at radius 2 is 2.29 bits per heavy atom. The maximum Gasteiger partial charge on any atom is 0.208 e. The monoisotopic (exact) mass is 265 g/mol. The maximum absolute atomic E-state index is 8.65. The third kappa shape index (κ3) is 2.56. The quantitative estimate of drug-likeness (QED) is 0.771. The number of rotatable bonds is 2. The number of hydrogen-bond acceptors (Lipinski definition) is 3. The zero-order chi connectivity index (χ0) is 12.3. The molecule has 1 fully saturated rings. The summed E-state index contributed by atoms with van der Waals surface area (Å²) in [5.74, 6) is 0.968. The first-order valence-electron chi connectivity index (χ1n) is 5.34. The summed E-state index contributed by atoms with van der Waals surface area (Å²) < 4.78 is 0. The third-order valence-corrected chi connectivity index (χ3v) is 4.09. The fourth-order valence-electron chi connectivity index (χ4n) is 1.89. The van der Waals surface area contributed by atoms with Crippen LogP contribution >= 0.6 is 23.4 Å². The number of benzene rings is 1. The number of nitriles is 1. The predicted octanol–water partition coefficient (Wildman–Crippen LogP) is 3.29. The summed E-state index contributed by atoms with van der Waals surface area (Å²) in [6.07, 6.45) is 1.85. The van der Waals surface area contributed by atoms with Crippen LogP contribution in [0, 0.1) is 11.5 Å². The van der Waals surface area contributed by atoms with Crippen molar-refractivity contribution >= 4 is 28.5 Å². The summed E-state index contributed by atoms with van der Waals surface area (Å²) in [6.45, 7) is 2.98. The topological polar surface area (TPSA) is 39.4 Å². The van der Waals surface area contributed by atoms with Crippen LogP contribution in [-0.2, 0) is 0 Å². The molecule has 3 nitrogen and oxygen atoms in total. The van der Waals surface area contributed by atoms with Crippen LogP contribution in [0.25, 0.3) is 0 Å². The lowest BCUT2D eigenvalue weighted by molar-refractivity contribution is 0.370. The Kier molecular flexibility index (Phi) is 3.93. The number of thioether (sulfide) groups is 1. The molecule has 1 aromatic rings. The van der Waals surface area contributed by atoms with Gasteiger partial charge in [0.1, 0.15) is 0 Å². The lowest BCUT2D eigenvalue weighted by Gasteiger charge is -2.26. The minimum Gasteiger partial charge on any atom is -0.343 e. The molecule has 0 spiro atoms. The highest BCUT2D eigenvalue weighted by molar-refractivity contribution is 8.14. The molecule has 2 rings (SSSR count). The molecule has 1 atom stereocenters. The van der Waals surface area contributed by atoms with Gasteiger partial charge in [-0.15, -0.1) is 4.99 Å². The Morgan fingerprint density at radius 1 is 1.53 bits per heavy atom. The predicted molar refractivity (Wildman–Crippen MR) is 72.1 cm³/mol. The van der Waals surface area contributed by atoms with E-state index in [2.05, 4.69) is 16.8 Å². The van der Waals surface area contributed by atoms with Crippen molar-refractivity contribution < 1.29 is 0 Å². The molecular weight excluding hydrogens is 254 g/mol. The number of nitrogens with zero attached hydrogens (tertiary/aromatic N) is 3. The lowest BCUT2D eigenvalue weighted by Crippen LogP contribution is -2.27. The number of hydrogen-bond donors (Lipinski definition) is 0. The Morgan fingerprint density at radius 3 is 3.00 bits per heavy atom. The molecule has 0 saturated carbocycles. The van der Waals surface area contributed by atoms with Crippen LogP contribution in [0.1, 0.15) is 18.5 Å². The highest BCUT2D eigenvalue weighted by Gasteiger charge is 2.26. The minimum atomic E-state index is 0.144. The van der Waals surface area contributed by atoms with Gasteiger partial charge in [0, 0.05) is 17.3 Å². The lowest BCUT2D eigenvalue weighted by atomic mass is 10.1. The van der Waals surface area contributed by atoms with E-state index < -0.39 is 0 Å². The first kappa shape index (κ1) is 12.3. The molecule has 1 unspecified atom stereocenters. The average Bonchev–Trinajstić information content (AvgIpc) is 2.78. The number of halogens is 1. The summed E-state index contributed by atoms with van der Waals surface area (Å²) in [5.41, 5.74) is 1.07. The summed E-state index contributed by atoms with van der Waals surface area (Å²) >= 11 is 7.80. The van der Waals surface area contributed by atoms with E-state index in [1.165, 1.54) is 0 Å².